The fourth-order valence-electron chi connectivity index (χ4n) is 1.17. The summed E-state index contributed by atoms with van der Waals surface area (Å²) in [5.74, 6) is -6.99. The Kier molecular flexibility index (Phi) is 3.54. The van der Waals surface area contributed by atoms with Crippen molar-refractivity contribution in [1.29, 1.82) is 0 Å². The van der Waals surface area contributed by atoms with Crippen LogP contribution in [0.15, 0.2) is 0 Å². The molecular formula is C8H11NO7. The monoisotopic (exact) mass is 233 g/mol. The van der Waals surface area contributed by atoms with Gasteiger partial charge >= 0.3 is 5.97 Å². The third-order valence-corrected chi connectivity index (χ3v) is 2.21. The van der Waals surface area contributed by atoms with Crippen LogP contribution in [-0.4, -0.2) is 50.0 Å². The Balaban J connectivity index is 6.05. The summed E-state index contributed by atoms with van der Waals surface area (Å²) >= 11 is 0. The van der Waals surface area contributed by atoms with E-state index < -0.39 is 34.6 Å². The molecule has 0 bridgehead atoms. The Hall–Kier alpha value is -1.80. The van der Waals surface area contributed by atoms with Crippen molar-refractivity contribution < 1.29 is 34.5 Å². The molecule has 8 nitrogen and oxygen atoms in total. The van der Waals surface area contributed by atoms with Crippen molar-refractivity contribution in [3.63, 3.8) is 0 Å². The molecule has 0 aromatic heterocycles. The van der Waals surface area contributed by atoms with Crippen LogP contribution in [0.5, 0.6) is 0 Å². The van der Waals surface area contributed by atoms with E-state index >= 15 is 0 Å². The molecule has 0 aliphatic rings. The minimum atomic E-state index is -3.59. The summed E-state index contributed by atoms with van der Waals surface area (Å²) in [6.07, 6.45) is 0. The van der Waals surface area contributed by atoms with Gasteiger partial charge in [-0.15, -0.1) is 0 Å². The first-order valence-corrected chi connectivity index (χ1v) is 4.03. The number of aliphatic hydroxyl groups is 2. The number of carboxylic acids is 1. The van der Waals surface area contributed by atoms with E-state index in [-0.39, 0.29) is 0 Å². The van der Waals surface area contributed by atoms with Crippen LogP contribution in [0.1, 0.15) is 13.8 Å². The van der Waals surface area contributed by atoms with Crippen molar-refractivity contribution in [1.82, 2.24) is 0 Å². The molecule has 2 atom stereocenters. The SMILES string of the molecule is CC(=O)C(O)(C(N)=O)C(O)(C(C)=O)C(=O)O. The van der Waals surface area contributed by atoms with Crippen molar-refractivity contribution in [2.24, 2.45) is 5.73 Å². The highest BCUT2D eigenvalue weighted by molar-refractivity contribution is 6.21. The third-order valence-electron chi connectivity index (χ3n) is 2.21. The quantitative estimate of drug-likeness (QED) is 0.373. The maximum Gasteiger partial charge on any atom is 0.347 e. The number of carbonyl (C=O) groups excluding carboxylic acids is 3. The van der Waals surface area contributed by atoms with Gasteiger partial charge in [0.2, 0.25) is 5.60 Å². The van der Waals surface area contributed by atoms with Gasteiger partial charge in [0.05, 0.1) is 0 Å². The standard InChI is InChI=1S/C8H11NO7/c1-3(10)7(15,5(9)12)8(16,4(2)11)6(13)14/h15-16H,1-2H3,(H2,9,12)(H,13,14). The Bertz CT molecular complexity index is 309. The number of ketones is 2. The smallest absolute Gasteiger partial charge is 0.347 e. The number of rotatable bonds is 5. The van der Waals surface area contributed by atoms with Gasteiger partial charge in [0.15, 0.2) is 11.6 Å². The molecule has 90 valence electrons. The van der Waals surface area contributed by atoms with Crippen LogP contribution < -0.4 is 5.73 Å². The topological polar surface area (TPSA) is 155 Å². The molecule has 0 heterocycles. The number of hydrogen-bond acceptors (Lipinski definition) is 6. The molecule has 0 rings (SSSR count). The number of carbonyl (C=O) groups is 4. The molecule has 0 saturated carbocycles. The summed E-state index contributed by atoms with van der Waals surface area (Å²) in [7, 11) is 0. The van der Waals surface area contributed by atoms with Crippen LogP contribution in [-0.2, 0) is 19.2 Å². The van der Waals surface area contributed by atoms with Crippen LogP contribution in [0.4, 0.5) is 0 Å². The number of primary amides is 1. The molecule has 0 spiro atoms. The van der Waals surface area contributed by atoms with Gasteiger partial charge in [-0.1, -0.05) is 0 Å². The second-order valence-electron chi connectivity index (χ2n) is 3.20. The van der Waals surface area contributed by atoms with E-state index in [1.54, 1.807) is 0 Å². The largest absolute Gasteiger partial charge is 0.479 e. The zero-order valence-electron chi connectivity index (χ0n) is 8.55. The highest BCUT2D eigenvalue weighted by Gasteiger charge is 2.66. The molecule has 0 aromatic carbocycles. The Morgan fingerprint density at radius 2 is 1.25 bits per heavy atom. The van der Waals surface area contributed by atoms with Gasteiger partial charge in [-0.05, 0) is 13.8 Å². The van der Waals surface area contributed by atoms with Crippen LogP contribution in [0.2, 0.25) is 0 Å². The second-order valence-corrected chi connectivity index (χ2v) is 3.20. The molecule has 0 aliphatic carbocycles. The fourth-order valence-corrected chi connectivity index (χ4v) is 1.17. The lowest BCUT2D eigenvalue weighted by Gasteiger charge is -2.33. The van der Waals surface area contributed by atoms with Crippen molar-refractivity contribution >= 4 is 23.4 Å². The first kappa shape index (κ1) is 14.2. The zero-order valence-corrected chi connectivity index (χ0v) is 8.55. The molecule has 0 fully saturated rings. The van der Waals surface area contributed by atoms with Gasteiger partial charge < -0.3 is 21.1 Å². The number of aliphatic carboxylic acids is 1. The minimum absolute atomic E-state index is 0.602. The Morgan fingerprint density at radius 3 is 1.31 bits per heavy atom. The zero-order chi connectivity index (χ0) is 13.3. The minimum Gasteiger partial charge on any atom is -0.479 e. The fraction of sp³-hybridized carbons (Fsp3) is 0.500. The average Bonchev–Trinajstić information content (AvgIpc) is 2.13. The molecule has 0 aromatic rings. The van der Waals surface area contributed by atoms with Crippen molar-refractivity contribution in [2.75, 3.05) is 0 Å². The molecule has 1 amide bonds. The third kappa shape index (κ3) is 1.57. The summed E-state index contributed by atoms with van der Waals surface area (Å²) in [5, 5.41) is 27.7. The molecule has 5 N–H and O–H groups in total. The number of hydrogen-bond donors (Lipinski definition) is 4. The van der Waals surface area contributed by atoms with Gasteiger partial charge in [-0.3, -0.25) is 14.4 Å². The van der Waals surface area contributed by atoms with E-state index in [1.807, 2.05) is 0 Å². The predicted molar refractivity (Wildman–Crippen MR) is 48.1 cm³/mol. The van der Waals surface area contributed by atoms with Gasteiger partial charge in [0, 0.05) is 0 Å². The van der Waals surface area contributed by atoms with Crippen LogP contribution in [0.25, 0.3) is 0 Å². The van der Waals surface area contributed by atoms with Crippen molar-refractivity contribution in [2.45, 2.75) is 25.0 Å². The van der Waals surface area contributed by atoms with Crippen LogP contribution in [0.3, 0.4) is 0 Å². The summed E-state index contributed by atoms with van der Waals surface area (Å²) in [6.45, 7) is 1.23. The summed E-state index contributed by atoms with van der Waals surface area (Å²) in [6, 6.07) is 0. The van der Waals surface area contributed by atoms with Gasteiger partial charge in [0.1, 0.15) is 0 Å². The Morgan fingerprint density at radius 1 is 0.938 bits per heavy atom. The van der Waals surface area contributed by atoms with Crippen molar-refractivity contribution in [3.8, 4) is 0 Å². The van der Waals surface area contributed by atoms with E-state index in [9.17, 15) is 29.4 Å². The predicted octanol–water partition coefficient (Wildman–Crippen LogP) is -2.80. The lowest BCUT2D eigenvalue weighted by Crippen LogP contribution is -2.72. The van der Waals surface area contributed by atoms with E-state index in [0.717, 1.165) is 0 Å². The van der Waals surface area contributed by atoms with Crippen LogP contribution >= 0.6 is 0 Å². The molecule has 8 heteroatoms. The molecule has 0 saturated heterocycles. The normalized spacial score (nSPS) is 18.0. The maximum atomic E-state index is 11.0. The lowest BCUT2D eigenvalue weighted by atomic mass is 9.76. The first-order chi connectivity index (χ1) is 7.02. The highest BCUT2D eigenvalue weighted by atomic mass is 16.4. The summed E-state index contributed by atoms with van der Waals surface area (Å²) in [5.41, 5.74) is -2.44. The van der Waals surface area contributed by atoms with Crippen LogP contribution in [0, 0.1) is 0 Å². The number of Topliss-reactive ketones (excluding diaryl/α,β-unsaturated/α-hetero) is 2. The first-order valence-electron chi connectivity index (χ1n) is 4.03. The van der Waals surface area contributed by atoms with E-state index in [4.69, 9.17) is 5.11 Å². The number of nitrogens with two attached hydrogens (primary N) is 1. The van der Waals surface area contributed by atoms with E-state index in [1.165, 1.54) is 0 Å². The summed E-state index contributed by atoms with van der Waals surface area (Å²) in [4.78, 5) is 43.7. The second kappa shape index (κ2) is 3.99. The summed E-state index contributed by atoms with van der Waals surface area (Å²) < 4.78 is 0. The van der Waals surface area contributed by atoms with Gasteiger partial charge in [0.25, 0.3) is 11.5 Å². The van der Waals surface area contributed by atoms with Crippen molar-refractivity contribution in [3.05, 3.63) is 0 Å². The Labute approximate surface area is 89.7 Å². The molecular weight excluding hydrogens is 222 g/mol. The van der Waals surface area contributed by atoms with E-state index in [0.29, 0.717) is 13.8 Å². The number of carboxylic acid groups (broad SMARTS) is 1. The molecule has 0 radical (unpaired) electrons. The molecule has 2 unspecified atom stereocenters. The highest BCUT2D eigenvalue weighted by Crippen LogP contribution is 2.25. The van der Waals surface area contributed by atoms with E-state index in [2.05, 4.69) is 5.73 Å². The molecule has 16 heavy (non-hydrogen) atoms. The van der Waals surface area contributed by atoms with Gasteiger partial charge in [-0.2, -0.15) is 0 Å². The lowest BCUT2D eigenvalue weighted by molar-refractivity contribution is -0.198. The van der Waals surface area contributed by atoms with Gasteiger partial charge in [-0.25, -0.2) is 4.79 Å². The average molecular weight is 233 g/mol. The molecule has 0 aliphatic heterocycles. The maximum absolute atomic E-state index is 11.0. The number of amides is 1.